The van der Waals surface area contributed by atoms with Crippen LogP contribution in [-0.2, 0) is 9.47 Å². The summed E-state index contributed by atoms with van der Waals surface area (Å²) in [6, 6.07) is 0. The summed E-state index contributed by atoms with van der Waals surface area (Å²) in [4.78, 5) is 0. The van der Waals surface area contributed by atoms with Crippen LogP contribution in [0.1, 0.15) is 78.1 Å². The number of rotatable bonds is 16. The predicted octanol–water partition coefficient (Wildman–Crippen LogP) is 4.84. The van der Waals surface area contributed by atoms with E-state index in [-0.39, 0.29) is 12.9 Å². The second-order valence-corrected chi connectivity index (χ2v) is 5.38. The van der Waals surface area contributed by atoms with Gasteiger partial charge in [0.05, 0.1) is 0 Å². The zero-order valence-electron chi connectivity index (χ0n) is 14.2. The predicted molar refractivity (Wildman–Crippen MR) is 89.4 cm³/mol. The van der Waals surface area contributed by atoms with Crippen molar-refractivity contribution in [2.75, 3.05) is 19.8 Å². The molecule has 0 aliphatic carbocycles. The molecule has 126 valence electrons. The lowest BCUT2D eigenvalue weighted by Crippen LogP contribution is -2.17. The second-order valence-electron chi connectivity index (χ2n) is 5.38. The molecule has 0 heterocycles. The first kappa shape index (κ1) is 20.6. The topological polar surface area (TPSA) is 38.7 Å². The van der Waals surface area contributed by atoms with Crippen molar-refractivity contribution in [1.29, 1.82) is 0 Å². The van der Waals surface area contributed by atoms with Gasteiger partial charge in [0, 0.05) is 19.8 Å². The third-order valence-electron chi connectivity index (χ3n) is 3.48. The fraction of sp³-hybridized carbons (Fsp3) is 0.889. The van der Waals surface area contributed by atoms with Crippen LogP contribution < -0.4 is 0 Å². The Balaban J connectivity index is 3.24. The van der Waals surface area contributed by atoms with Crippen molar-refractivity contribution in [3.8, 4) is 0 Å². The van der Waals surface area contributed by atoms with Gasteiger partial charge in [-0.15, -0.1) is 0 Å². The Hall–Kier alpha value is -0.380. The Morgan fingerprint density at radius 2 is 1.29 bits per heavy atom. The van der Waals surface area contributed by atoms with Gasteiger partial charge in [-0.1, -0.05) is 44.3 Å². The van der Waals surface area contributed by atoms with Gasteiger partial charge in [0.1, 0.15) is 0 Å². The van der Waals surface area contributed by atoms with E-state index in [1.807, 2.05) is 13.8 Å². The summed E-state index contributed by atoms with van der Waals surface area (Å²) >= 11 is 0. The lowest BCUT2D eigenvalue weighted by Gasteiger charge is -2.16. The van der Waals surface area contributed by atoms with Crippen LogP contribution >= 0.6 is 0 Å². The number of aliphatic hydroxyl groups excluding tert-OH is 1. The van der Waals surface area contributed by atoms with Crippen LogP contribution in [-0.4, -0.2) is 31.2 Å². The van der Waals surface area contributed by atoms with E-state index >= 15 is 0 Å². The molecule has 0 aliphatic rings. The minimum atomic E-state index is 0.00529. The van der Waals surface area contributed by atoms with E-state index in [1.54, 1.807) is 0 Å². The van der Waals surface area contributed by atoms with Crippen molar-refractivity contribution in [3.63, 3.8) is 0 Å². The molecule has 0 aromatic rings. The number of aliphatic hydroxyl groups is 1. The molecule has 0 amide bonds. The highest BCUT2D eigenvalue weighted by Crippen LogP contribution is 2.12. The van der Waals surface area contributed by atoms with Gasteiger partial charge in [0.2, 0.25) is 0 Å². The molecule has 0 saturated heterocycles. The molecule has 0 fully saturated rings. The van der Waals surface area contributed by atoms with Crippen LogP contribution in [0, 0.1) is 0 Å². The molecule has 0 aromatic heterocycles. The van der Waals surface area contributed by atoms with Crippen LogP contribution in [0.5, 0.6) is 0 Å². The summed E-state index contributed by atoms with van der Waals surface area (Å²) in [5.74, 6) is 0. The van der Waals surface area contributed by atoms with Gasteiger partial charge < -0.3 is 14.6 Å². The number of hydrogen-bond acceptors (Lipinski definition) is 3. The average molecular weight is 300 g/mol. The van der Waals surface area contributed by atoms with Crippen LogP contribution in [0.3, 0.4) is 0 Å². The Morgan fingerprint density at radius 1 is 0.762 bits per heavy atom. The van der Waals surface area contributed by atoms with E-state index in [9.17, 15) is 0 Å². The summed E-state index contributed by atoms with van der Waals surface area (Å²) in [7, 11) is 0. The van der Waals surface area contributed by atoms with Gasteiger partial charge >= 0.3 is 0 Å². The molecule has 3 nitrogen and oxygen atoms in total. The molecule has 0 aromatic carbocycles. The lowest BCUT2D eigenvalue weighted by atomic mass is 10.1. The van der Waals surface area contributed by atoms with E-state index in [0.717, 1.165) is 32.5 Å². The van der Waals surface area contributed by atoms with E-state index in [0.29, 0.717) is 0 Å². The Morgan fingerprint density at radius 3 is 1.86 bits per heavy atom. The average Bonchev–Trinajstić information content (AvgIpc) is 2.48. The van der Waals surface area contributed by atoms with Crippen molar-refractivity contribution >= 4 is 0 Å². The fourth-order valence-electron chi connectivity index (χ4n) is 2.35. The van der Waals surface area contributed by atoms with Crippen molar-refractivity contribution < 1.29 is 14.6 Å². The smallest absolute Gasteiger partial charge is 0.157 e. The third kappa shape index (κ3) is 15.8. The maximum Gasteiger partial charge on any atom is 0.157 e. The molecule has 0 bridgehead atoms. The molecule has 1 N–H and O–H groups in total. The molecule has 0 aliphatic heterocycles. The van der Waals surface area contributed by atoms with Crippen molar-refractivity contribution in [3.05, 3.63) is 12.2 Å². The van der Waals surface area contributed by atoms with Gasteiger partial charge in [-0.3, -0.25) is 0 Å². The zero-order chi connectivity index (χ0) is 15.6. The van der Waals surface area contributed by atoms with Gasteiger partial charge in [0.25, 0.3) is 0 Å². The third-order valence-corrected chi connectivity index (χ3v) is 3.48. The van der Waals surface area contributed by atoms with E-state index in [2.05, 4.69) is 12.2 Å². The van der Waals surface area contributed by atoms with Gasteiger partial charge in [0.15, 0.2) is 6.29 Å². The molecule has 21 heavy (non-hydrogen) atoms. The molecule has 0 radical (unpaired) electrons. The number of ether oxygens (including phenoxy) is 2. The summed E-state index contributed by atoms with van der Waals surface area (Å²) in [5, 5.41) is 8.64. The largest absolute Gasteiger partial charge is 0.396 e. The van der Waals surface area contributed by atoms with Crippen LogP contribution in [0.2, 0.25) is 0 Å². The van der Waals surface area contributed by atoms with E-state index < -0.39 is 0 Å². The fourth-order valence-corrected chi connectivity index (χ4v) is 2.35. The molecule has 0 rings (SSSR count). The highest BCUT2D eigenvalue weighted by atomic mass is 16.7. The summed E-state index contributed by atoms with van der Waals surface area (Å²) < 4.78 is 11.1. The number of unbranched alkanes of at least 4 members (excludes halogenated alkanes) is 7. The molecule has 0 spiro atoms. The molecule has 3 heteroatoms. The molecular weight excluding hydrogens is 264 g/mol. The normalized spacial score (nSPS) is 11.8. The lowest BCUT2D eigenvalue weighted by molar-refractivity contribution is -0.140. The molecule has 0 saturated carbocycles. The first-order valence-electron chi connectivity index (χ1n) is 8.84. The van der Waals surface area contributed by atoms with Crippen molar-refractivity contribution in [1.82, 2.24) is 0 Å². The van der Waals surface area contributed by atoms with E-state index in [4.69, 9.17) is 14.6 Å². The van der Waals surface area contributed by atoms with Crippen LogP contribution in [0.4, 0.5) is 0 Å². The molecule has 0 unspecified atom stereocenters. The first-order valence-corrected chi connectivity index (χ1v) is 8.84. The summed E-state index contributed by atoms with van der Waals surface area (Å²) in [6.45, 7) is 5.77. The highest BCUT2D eigenvalue weighted by Gasteiger charge is 2.06. The number of hydrogen-bond donors (Lipinski definition) is 1. The Bertz CT molecular complexity index is 211. The Kier molecular flexibility index (Phi) is 17.4. The van der Waals surface area contributed by atoms with Crippen LogP contribution in [0.25, 0.3) is 0 Å². The minimum absolute atomic E-state index is 0.00529. The maximum atomic E-state index is 8.64. The van der Waals surface area contributed by atoms with Gasteiger partial charge in [-0.05, 0) is 46.0 Å². The minimum Gasteiger partial charge on any atom is -0.396 e. The van der Waals surface area contributed by atoms with Crippen molar-refractivity contribution in [2.45, 2.75) is 84.3 Å². The molecular formula is C18H36O3. The van der Waals surface area contributed by atoms with E-state index in [1.165, 1.54) is 44.9 Å². The Labute approximate surface area is 131 Å². The standard InChI is InChI=1S/C18H36O3/c1-3-20-18(21-4-2)16-14-12-10-8-6-5-7-9-11-13-15-17-19/h11,13,18-19H,3-10,12,14-17H2,1-2H3/b13-11+. The first-order chi connectivity index (χ1) is 10.3. The zero-order valence-corrected chi connectivity index (χ0v) is 14.2. The highest BCUT2D eigenvalue weighted by molar-refractivity contribution is 4.80. The van der Waals surface area contributed by atoms with Crippen molar-refractivity contribution in [2.24, 2.45) is 0 Å². The number of allylic oxidation sites excluding steroid dienone is 1. The van der Waals surface area contributed by atoms with Gasteiger partial charge in [-0.25, -0.2) is 0 Å². The SMILES string of the molecule is CCOC(CCCCCCCCC/C=C/CCO)OCC. The van der Waals surface area contributed by atoms with Crippen LogP contribution in [0.15, 0.2) is 12.2 Å². The maximum absolute atomic E-state index is 8.64. The van der Waals surface area contributed by atoms with Gasteiger partial charge in [-0.2, -0.15) is 0 Å². The summed E-state index contributed by atoms with van der Waals surface area (Å²) in [6.07, 6.45) is 16.3. The monoisotopic (exact) mass is 300 g/mol. The molecule has 0 atom stereocenters. The summed E-state index contributed by atoms with van der Waals surface area (Å²) in [5.41, 5.74) is 0. The quantitative estimate of drug-likeness (QED) is 0.252. The second kappa shape index (κ2) is 17.7.